The third-order valence-electron chi connectivity index (χ3n) is 7.53. The standard InChI is InChI=1S/2C14H20O/c2*15-12-14(10-5-11-14)9-4-8-13-6-2-1-3-7-13/h2*1-3,6-7,15H,4-5,8-12H2. The van der Waals surface area contributed by atoms with Crippen molar-refractivity contribution in [3.8, 4) is 0 Å². The second kappa shape index (κ2) is 11.7. The van der Waals surface area contributed by atoms with Crippen molar-refractivity contribution in [2.45, 2.75) is 77.0 Å². The molecule has 0 amide bonds. The maximum absolute atomic E-state index is 9.33. The minimum absolute atomic E-state index is 0.300. The van der Waals surface area contributed by atoms with Gasteiger partial charge in [-0.2, -0.15) is 0 Å². The Balaban J connectivity index is 0.000000171. The largest absolute Gasteiger partial charge is 0.396 e. The Hall–Kier alpha value is -1.64. The summed E-state index contributed by atoms with van der Waals surface area (Å²) in [5, 5.41) is 18.7. The van der Waals surface area contributed by atoms with Crippen LogP contribution < -0.4 is 0 Å². The van der Waals surface area contributed by atoms with E-state index in [1.54, 1.807) is 0 Å². The highest BCUT2D eigenvalue weighted by atomic mass is 16.3. The lowest BCUT2D eigenvalue weighted by Crippen LogP contribution is -2.33. The van der Waals surface area contributed by atoms with Crippen LogP contribution in [0.15, 0.2) is 60.7 Å². The minimum atomic E-state index is 0.300. The molecule has 2 aliphatic rings. The molecule has 0 atom stereocenters. The average molecular weight is 409 g/mol. The second-order valence-corrected chi connectivity index (χ2v) is 9.70. The lowest BCUT2D eigenvalue weighted by atomic mass is 9.66. The van der Waals surface area contributed by atoms with Crippen molar-refractivity contribution in [2.24, 2.45) is 10.8 Å². The van der Waals surface area contributed by atoms with Crippen LogP contribution >= 0.6 is 0 Å². The van der Waals surface area contributed by atoms with Crippen LogP contribution in [0.25, 0.3) is 0 Å². The molecule has 2 nitrogen and oxygen atoms in total. The third-order valence-corrected chi connectivity index (χ3v) is 7.53. The molecule has 2 saturated carbocycles. The topological polar surface area (TPSA) is 40.5 Å². The van der Waals surface area contributed by atoms with Crippen molar-refractivity contribution in [3.63, 3.8) is 0 Å². The number of hydrogen-bond acceptors (Lipinski definition) is 2. The average Bonchev–Trinajstić information content (AvgIpc) is 2.74. The van der Waals surface area contributed by atoms with E-state index in [0.717, 1.165) is 12.8 Å². The van der Waals surface area contributed by atoms with E-state index in [1.807, 2.05) is 0 Å². The number of aliphatic hydroxyl groups excluding tert-OH is 2. The highest BCUT2D eigenvalue weighted by molar-refractivity contribution is 5.15. The van der Waals surface area contributed by atoms with Crippen LogP contribution in [0.2, 0.25) is 0 Å². The van der Waals surface area contributed by atoms with Gasteiger partial charge in [-0.15, -0.1) is 0 Å². The molecule has 164 valence electrons. The lowest BCUT2D eigenvalue weighted by Gasteiger charge is -2.40. The quantitative estimate of drug-likeness (QED) is 0.481. The third kappa shape index (κ3) is 6.68. The summed E-state index contributed by atoms with van der Waals surface area (Å²) in [5.74, 6) is 0. The molecule has 2 N–H and O–H groups in total. The molecule has 0 bridgehead atoms. The van der Waals surface area contributed by atoms with Gasteiger partial charge in [0.2, 0.25) is 0 Å². The van der Waals surface area contributed by atoms with E-state index in [4.69, 9.17) is 0 Å². The zero-order valence-electron chi connectivity index (χ0n) is 18.6. The first kappa shape index (κ1) is 23.0. The van der Waals surface area contributed by atoms with E-state index in [1.165, 1.54) is 75.3 Å². The highest BCUT2D eigenvalue weighted by Gasteiger charge is 2.36. The van der Waals surface area contributed by atoms with Crippen LogP contribution in [0.4, 0.5) is 0 Å². The normalized spacial score (nSPS) is 18.5. The fourth-order valence-electron chi connectivity index (χ4n) is 4.95. The molecule has 0 radical (unpaired) electrons. The molecule has 2 fully saturated rings. The fourth-order valence-corrected chi connectivity index (χ4v) is 4.95. The lowest BCUT2D eigenvalue weighted by molar-refractivity contribution is 0.0343. The second-order valence-electron chi connectivity index (χ2n) is 9.70. The van der Waals surface area contributed by atoms with Crippen molar-refractivity contribution < 1.29 is 10.2 Å². The van der Waals surface area contributed by atoms with Gasteiger partial charge in [0.1, 0.15) is 0 Å². The fraction of sp³-hybridized carbons (Fsp3) is 0.571. The van der Waals surface area contributed by atoms with Crippen molar-refractivity contribution in [1.82, 2.24) is 0 Å². The van der Waals surface area contributed by atoms with Gasteiger partial charge in [0.15, 0.2) is 0 Å². The molecule has 0 unspecified atom stereocenters. The van der Waals surface area contributed by atoms with Crippen LogP contribution in [0.3, 0.4) is 0 Å². The Morgan fingerprint density at radius 2 is 0.933 bits per heavy atom. The molecule has 4 rings (SSSR count). The van der Waals surface area contributed by atoms with E-state index in [9.17, 15) is 10.2 Å². The van der Waals surface area contributed by atoms with Gasteiger partial charge < -0.3 is 10.2 Å². The first-order valence-corrected chi connectivity index (χ1v) is 12.0. The molecule has 0 spiro atoms. The first-order chi connectivity index (χ1) is 14.7. The maximum atomic E-state index is 9.33. The molecular weight excluding hydrogens is 368 g/mol. The molecular formula is C28H40O2. The SMILES string of the molecule is OCC1(CCCc2ccccc2)CCC1.OCC1(CCCc2ccccc2)CCC1. The summed E-state index contributed by atoms with van der Waals surface area (Å²) in [5.41, 5.74) is 3.44. The zero-order valence-corrected chi connectivity index (χ0v) is 18.6. The van der Waals surface area contributed by atoms with Gasteiger partial charge in [-0.05, 0) is 86.2 Å². The molecule has 30 heavy (non-hydrogen) atoms. The summed E-state index contributed by atoms with van der Waals surface area (Å²) in [6.45, 7) is 0.781. The minimum Gasteiger partial charge on any atom is -0.396 e. The number of aryl methyl sites for hydroxylation is 2. The van der Waals surface area contributed by atoms with Gasteiger partial charge in [-0.25, -0.2) is 0 Å². The van der Waals surface area contributed by atoms with Crippen LogP contribution in [-0.4, -0.2) is 23.4 Å². The predicted octanol–water partition coefficient (Wildman–Crippen LogP) is 6.34. The van der Waals surface area contributed by atoms with Crippen molar-refractivity contribution in [2.75, 3.05) is 13.2 Å². The molecule has 2 heteroatoms. The van der Waals surface area contributed by atoms with E-state index >= 15 is 0 Å². The molecule has 0 aliphatic heterocycles. The molecule has 0 heterocycles. The Morgan fingerprint density at radius 3 is 1.20 bits per heavy atom. The smallest absolute Gasteiger partial charge is 0.0487 e. The Labute approximate surface area is 183 Å². The summed E-state index contributed by atoms with van der Waals surface area (Å²) in [6.07, 6.45) is 14.7. The van der Waals surface area contributed by atoms with E-state index in [-0.39, 0.29) is 0 Å². The van der Waals surface area contributed by atoms with Crippen molar-refractivity contribution >= 4 is 0 Å². The van der Waals surface area contributed by atoms with Crippen LogP contribution in [0.1, 0.15) is 75.3 Å². The van der Waals surface area contributed by atoms with Gasteiger partial charge >= 0.3 is 0 Å². The van der Waals surface area contributed by atoms with Crippen molar-refractivity contribution in [3.05, 3.63) is 71.8 Å². The number of benzene rings is 2. The van der Waals surface area contributed by atoms with E-state index in [0.29, 0.717) is 24.0 Å². The van der Waals surface area contributed by atoms with Crippen LogP contribution in [0.5, 0.6) is 0 Å². The summed E-state index contributed by atoms with van der Waals surface area (Å²) in [4.78, 5) is 0. The molecule has 0 aromatic heterocycles. The summed E-state index contributed by atoms with van der Waals surface area (Å²) in [6, 6.07) is 21.3. The Morgan fingerprint density at radius 1 is 0.567 bits per heavy atom. The van der Waals surface area contributed by atoms with Crippen LogP contribution in [-0.2, 0) is 12.8 Å². The molecule has 2 aromatic carbocycles. The summed E-state index contributed by atoms with van der Waals surface area (Å²) in [7, 11) is 0. The van der Waals surface area contributed by atoms with Gasteiger partial charge in [-0.3, -0.25) is 0 Å². The molecule has 0 saturated heterocycles. The monoisotopic (exact) mass is 408 g/mol. The van der Waals surface area contributed by atoms with Gasteiger partial charge in [0.05, 0.1) is 0 Å². The van der Waals surface area contributed by atoms with Gasteiger partial charge in [0, 0.05) is 13.2 Å². The first-order valence-electron chi connectivity index (χ1n) is 12.0. The number of hydrogen-bond donors (Lipinski definition) is 2. The number of aliphatic hydroxyl groups is 2. The molecule has 2 aliphatic carbocycles. The predicted molar refractivity (Wildman–Crippen MR) is 125 cm³/mol. The molecule has 2 aromatic rings. The number of rotatable bonds is 10. The van der Waals surface area contributed by atoms with Crippen LogP contribution in [0, 0.1) is 10.8 Å². The van der Waals surface area contributed by atoms with Gasteiger partial charge in [0.25, 0.3) is 0 Å². The Bertz CT molecular complexity index is 627. The zero-order chi connectivity index (χ0) is 21.1. The van der Waals surface area contributed by atoms with Gasteiger partial charge in [-0.1, -0.05) is 73.5 Å². The summed E-state index contributed by atoms with van der Waals surface area (Å²) < 4.78 is 0. The summed E-state index contributed by atoms with van der Waals surface area (Å²) >= 11 is 0. The highest BCUT2D eigenvalue weighted by Crippen LogP contribution is 2.45. The van der Waals surface area contributed by atoms with E-state index in [2.05, 4.69) is 60.7 Å². The van der Waals surface area contributed by atoms with Crippen molar-refractivity contribution in [1.29, 1.82) is 0 Å². The maximum Gasteiger partial charge on any atom is 0.0487 e. The van der Waals surface area contributed by atoms with E-state index < -0.39 is 0 Å². The Kier molecular flexibility index (Phi) is 8.96.